The summed E-state index contributed by atoms with van der Waals surface area (Å²) in [7, 11) is 1.86. The first-order valence-electron chi connectivity index (χ1n) is 8.35. The summed E-state index contributed by atoms with van der Waals surface area (Å²) in [6, 6.07) is 9.53. The molecule has 6 heteroatoms. The highest BCUT2D eigenvalue weighted by molar-refractivity contribution is 5.75. The van der Waals surface area contributed by atoms with Gasteiger partial charge in [0.15, 0.2) is 0 Å². The molecule has 3 unspecified atom stereocenters. The molecule has 3 atom stereocenters. The van der Waals surface area contributed by atoms with Crippen LogP contribution in [0.5, 0.6) is 0 Å². The Morgan fingerprint density at radius 3 is 2.71 bits per heavy atom. The third-order valence-electron chi connectivity index (χ3n) is 4.35. The number of urea groups is 1. The zero-order valence-corrected chi connectivity index (χ0v) is 14.1. The van der Waals surface area contributed by atoms with Crippen molar-refractivity contribution in [2.45, 2.75) is 38.0 Å². The molecule has 0 spiro atoms. The number of nitrogens with zero attached hydrogens (tertiary/aromatic N) is 2. The van der Waals surface area contributed by atoms with Gasteiger partial charge in [-0.15, -0.1) is 0 Å². The van der Waals surface area contributed by atoms with Crippen molar-refractivity contribution in [3.8, 4) is 0 Å². The molecule has 6 nitrogen and oxygen atoms in total. The molecule has 1 aliphatic heterocycles. The summed E-state index contributed by atoms with van der Waals surface area (Å²) in [5.41, 5.74) is 2.04. The Balaban J connectivity index is 1.66. The number of aromatic nitrogens is 2. The van der Waals surface area contributed by atoms with E-state index in [2.05, 4.69) is 15.7 Å². The van der Waals surface area contributed by atoms with E-state index < -0.39 is 0 Å². The second kappa shape index (κ2) is 7.49. The van der Waals surface area contributed by atoms with Gasteiger partial charge in [-0.25, -0.2) is 4.79 Å². The Hall–Kier alpha value is -2.34. The third kappa shape index (κ3) is 3.94. The zero-order valence-electron chi connectivity index (χ0n) is 14.1. The molecule has 2 amide bonds. The number of carbonyl (C=O) groups excluding carboxylic acids is 1. The quantitative estimate of drug-likeness (QED) is 0.887. The molecule has 1 saturated heterocycles. The van der Waals surface area contributed by atoms with Gasteiger partial charge in [-0.2, -0.15) is 5.10 Å². The van der Waals surface area contributed by atoms with Crippen LogP contribution in [-0.2, 0) is 11.8 Å². The van der Waals surface area contributed by atoms with E-state index in [0.29, 0.717) is 0 Å². The molecular formula is C18H24N4O2. The van der Waals surface area contributed by atoms with E-state index in [1.165, 1.54) is 0 Å². The summed E-state index contributed by atoms with van der Waals surface area (Å²) in [4.78, 5) is 12.5. The van der Waals surface area contributed by atoms with E-state index in [9.17, 15) is 4.79 Å². The number of hydrogen-bond acceptors (Lipinski definition) is 3. The molecule has 2 heterocycles. The highest BCUT2D eigenvalue weighted by atomic mass is 16.5. The van der Waals surface area contributed by atoms with Crippen molar-refractivity contribution in [2.75, 3.05) is 6.61 Å². The second-order valence-electron chi connectivity index (χ2n) is 6.23. The summed E-state index contributed by atoms with van der Waals surface area (Å²) in [6.07, 6.45) is 5.67. The van der Waals surface area contributed by atoms with E-state index in [0.717, 1.165) is 30.6 Å². The van der Waals surface area contributed by atoms with Gasteiger partial charge in [-0.05, 0) is 25.3 Å². The fourth-order valence-electron chi connectivity index (χ4n) is 3.04. The van der Waals surface area contributed by atoms with E-state index in [-0.39, 0.29) is 24.2 Å². The largest absolute Gasteiger partial charge is 0.376 e. The van der Waals surface area contributed by atoms with Crippen LogP contribution >= 0.6 is 0 Å². The van der Waals surface area contributed by atoms with Gasteiger partial charge in [0.25, 0.3) is 0 Å². The first-order valence-corrected chi connectivity index (χ1v) is 8.35. The number of rotatable bonds is 5. The van der Waals surface area contributed by atoms with Crippen LogP contribution in [0.15, 0.2) is 42.7 Å². The van der Waals surface area contributed by atoms with Gasteiger partial charge < -0.3 is 15.4 Å². The molecule has 0 aliphatic carbocycles. The smallest absolute Gasteiger partial charge is 0.315 e. The van der Waals surface area contributed by atoms with Gasteiger partial charge in [-0.1, -0.05) is 30.3 Å². The maximum absolute atomic E-state index is 12.5. The van der Waals surface area contributed by atoms with Crippen LogP contribution in [-0.4, -0.2) is 28.5 Å². The molecule has 0 saturated carbocycles. The third-order valence-corrected chi connectivity index (χ3v) is 4.35. The lowest BCUT2D eigenvalue weighted by Crippen LogP contribution is -2.43. The number of amides is 2. The number of carbonyl (C=O) groups is 1. The van der Waals surface area contributed by atoms with Crippen LogP contribution in [0.4, 0.5) is 4.79 Å². The van der Waals surface area contributed by atoms with Crippen LogP contribution in [0.3, 0.4) is 0 Å². The Kier molecular flexibility index (Phi) is 5.15. The SMILES string of the molecule is CC(NC(=O)NC(c1ccccc1)C1CCCO1)c1cnn(C)c1. The van der Waals surface area contributed by atoms with E-state index in [1.807, 2.05) is 50.5 Å². The highest BCUT2D eigenvalue weighted by Crippen LogP contribution is 2.27. The molecule has 2 N–H and O–H groups in total. The van der Waals surface area contributed by atoms with Gasteiger partial charge in [-0.3, -0.25) is 4.68 Å². The predicted octanol–water partition coefficient (Wildman–Crippen LogP) is 2.70. The minimum Gasteiger partial charge on any atom is -0.376 e. The highest BCUT2D eigenvalue weighted by Gasteiger charge is 2.29. The lowest BCUT2D eigenvalue weighted by atomic mass is 9.99. The maximum Gasteiger partial charge on any atom is 0.315 e. The summed E-state index contributed by atoms with van der Waals surface area (Å²) in [6.45, 7) is 2.70. The molecule has 1 aliphatic rings. The molecule has 128 valence electrons. The second-order valence-corrected chi connectivity index (χ2v) is 6.23. The van der Waals surface area contributed by atoms with Crippen molar-refractivity contribution < 1.29 is 9.53 Å². The minimum atomic E-state index is -0.198. The van der Waals surface area contributed by atoms with Crippen molar-refractivity contribution in [2.24, 2.45) is 7.05 Å². The van der Waals surface area contributed by atoms with Gasteiger partial charge in [0, 0.05) is 25.4 Å². The van der Waals surface area contributed by atoms with Crippen LogP contribution in [0.1, 0.15) is 43.0 Å². The molecule has 2 aromatic rings. The monoisotopic (exact) mass is 328 g/mol. The minimum absolute atomic E-state index is 0.0202. The molecule has 1 fully saturated rings. The van der Waals surface area contributed by atoms with Crippen molar-refractivity contribution >= 4 is 6.03 Å². The number of aryl methyl sites for hydroxylation is 1. The van der Waals surface area contributed by atoms with Crippen LogP contribution < -0.4 is 10.6 Å². The van der Waals surface area contributed by atoms with Gasteiger partial charge >= 0.3 is 6.03 Å². The molecular weight excluding hydrogens is 304 g/mol. The fraction of sp³-hybridized carbons (Fsp3) is 0.444. The van der Waals surface area contributed by atoms with E-state index in [4.69, 9.17) is 4.74 Å². The lowest BCUT2D eigenvalue weighted by molar-refractivity contribution is 0.0806. The topological polar surface area (TPSA) is 68.2 Å². The molecule has 1 aromatic heterocycles. The molecule has 24 heavy (non-hydrogen) atoms. The predicted molar refractivity (Wildman–Crippen MR) is 91.4 cm³/mol. The molecule has 0 radical (unpaired) electrons. The van der Waals surface area contributed by atoms with Crippen molar-refractivity contribution in [1.82, 2.24) is 20.4 Å². The summed E-state index contributed by atoms with van der Waals surface area (Å²) < 4.78 is 7.53. The van der Waals surface area contributed by atoms with Crippen molar-refractivity contribution in [3.05, 3.63) is 53.9 Å². The first kappa shape index (κ1) is 16.5. The van der Waals surface area contributed by atoms with Crippen molar-refractivity contribution in [1.29, 1.82) is 0 Å². The Morgan fingerprint density at radius 1 is 1.29 bits per heavy atom. The normalized spacial score (nSPS) is 19.7. The van der Waals surface area contributed by atoms with E-state index >= 15 is 0 Å². The molecule has 3 rings (SSSR count). The Morgan fingerprint density at radius 2 is 2.08 bits per heavy atom. The summed E-state index contributed by atoms with van der Waals surface area (Å²) >= 11 is 0. The fourth-order valence-corrected chi connectivity index (χ4v) is 3.04. The average molecular weight is 328 g/mol. The first-order chi connectivity index (χ1) is 11.6. The number of hydrogen-bond donors (Lipinski definition) is 2. The van der Waals surface area contributed by atoms with E-state index in [1.54, 1.807) is 10.9 Å². The number of ether oxygens (including phenoxy) is 1. The number of benzene rings is 1. The van der Waals surface area contributed by atoms with Crippen LogP contribution in [0.25, 0.3) is 0 Å². The van der Waals surface area contributed by atoms with Crippen LogP contribution in [0.2, 0.25) is 0 Å². The average Bonchev–Trinajstić information content (AvgIpc) is 3.25. The van der Waals surface area contributed by atoms with Crippen LogP contribution in [0, 0.1) is 0 Å². The summed E-state index contributed by atoms with van der Waals surface area (Å²) in [5.74, 6) is 0. The Bertz CT molecular complexity index is 665. The molecule has 0 bridgehead atoms. The van der Waals surface area contributed by atoms with Gasteiger partial charge in [0.1, 0.15) is 0 Å². The summed E-state index contributed by atoms with van der Waals surface area (Å²) in [5, 5.41) is 10.2. The molecule has 1 aromatic carbocycles. The zero-order chi connectivity index (χ0) is 16.9. The standard InChI is InChI=1S/C18H24N4O2/c1-13(15-11-19-22(2)12-15)20-18(23)21-17(16-9-6-10-24-16)14-7-4-3-5-8-14/h3-5,7-8,11-13,16-17H,6,9-10H2,1-2H3,(H2,20,21,23). The lowest BCUT2D eigenvalue weighted by Gasteiger charge is -2.25. The Labute approximate surface area is 142 Å². The van der Waals surface area contributed by atoms with Gasteiger partial charge in [0.2, 0.25) is 0 Å². The maximum atomic E-state index is 12.5. The number of nitrogens with one attached hydrogen (secondary N) is 2. The van der Waals surface area contributed by atoms with Gasteiger partial charge in [0.05, 0.1) is 24.4 Å². The van der Waals surface area contributed by atoms with Crippen molar-refractivity contribution in [3.63, 3.8) is 0 Å².